The third-order valence-electron chi connectivity index (χ3n) is 11.7. The minimum absolute atomic E-state index is 0.0318. The van der Waals surface area contributed by atoms with Crippen molar-refractivity contribution in [1.82, 2.24) is 10.3 Å². The molecule has 0 bridgehead atoms. The Balaban J connectivity index is 1.07. The summed E-state index contributed by atoms with van der Waals surface area (Å²) in [5.74, 6) is 1.10. The number of aliphatic hydroxyl groups excluding tert-OH is 1. The summed E-state index contributed by atoms with van der Waals surface area (Å²) >= 11 is 0. The van der Waals surface area contributed by atoms with Crippen molar-refractivity contribution in [2.75, 3.05) is 13.7 Å². The largest absolute Gasteiger partial charge is 0.670 e. The minimum atomic E-state index is -0.548. The second kappa shape index (κ2) is 14.6. The van der Waals surface area contributed by atoms with Gasteiger partial charge in [-0.2, -0.15) is 12.4 Å². The molecule has 3 aromatic rings. The molecule has 3 aliphatic carbocycles. The molecule has 0 amide bonds. The van der Waals surface area contributed by atoms with Crippen molar-refractivity contribution in [2.45, 2.75) is 113 Å². The van der Waals surface area contributed by atoms with E-state index in [1.165, 1.54) is 44.8 Å². The molecular formula is C40H51N2O6-. The molecule has 5 N–H and O–H groups in total. The van der Waals surface area contributed by atoms with Crippen LogP contribution in [-0.2, 0) is 11.2 Å². The molecule has 0 unspecified atom stereocenters. The molecule has 4 aliphatic rings. The SMILES string of the molecule is COc1c(O)c(O)cc([C@@H]2C[C@H](O)[C@@H]3CC[C@@H](c4ccc(O)c([C@H]5C=CC[C@H](CCNC6CCCC6)C5)c4)C[C@@H]3O2)c1Cc1cc[n-]c1. The van der Waals surface area contributed by atoms with E-state index in [4.69, 9.17) is 9.47 Å². The van der Waals surface area contributed by atoms with Gasteiger partial charge in [-0.05, 0) is 99.4 Å². The highest BCUT2D eigenvalue weighted by atomic mass is 16.5. The maximum absolute atomic E-state index is 11.4. The summed E-state index contributed by atoms with van der Waals surface area (Å²) in [6.07, 6.45) is 19.0. The molecule has 7 atom stereocenters. The zero-order valence-electron chi connectivity index (χ0n) is 28.1. The average molecular weight is 656 g/mol. The number of hydrogen-bond acceptors (Lipinski definition) is 7. The van der Waals surface area contributed by atoms with Crippen LogP contribution in [0, 0.1) is 11.8 Å². The van der Waals surface area contributed by atoms with Gasteiger partial charge in [-0.3, -0.25) is 0 Å². The summed E-state index contributed by atoms with van der Waals surface area (Å²) in [6, 6.07) is 10.3. The second-order valence-electron chi connectivity index (χ2n) is 14.7. The number of ether oxygens (including phenoxy) is 2. The number of methoxy groups -OCH3 is 1. The van der Waals surface area contributed by atoms with Crippen molar-refractivity contribution in [2.24, 2.45) is 11.8 Å². The molecule has 2 saturated carbocycles. The number of benzene rings is 2. The fraction of sp³-hybridized carbons (Fsp3) is 0.550. The number of aromatic hydroxyl groups is 3. The molecular weight excluding hydrogens is 604 g/mol. The highest BCUT2D eigenvalue weighted by molar-refractivity contribution is 5.59. The number of aliphatic hydroxyl groups is 1. The summed E-state index contributed by atoms with van der Waals surface area (Å²) in [7, 11) is 1.48. The lowest BCUT2D eigenvalue weighted by Crippen LogP contribution is -2.44. The van der Waals surface area contributed by atoms with Crippen molar-refractivity contribution in [3.8, 4) is 23.0 Å². The first kappa shape index (κ1) is 33.1. The molecule has 3 fully saturated rings. The minimum Gasteiger partial charge on any atom is -0.670 e. The first-order valence-corrected chi connectivity index (χ1v) is 18.1. The molecule has 7 rings (SSSR count). The molecule has 2 heterocycles. The van der Waals surface area contributed by atoms with E-state index in [2.05, 4.69) is 34.6 Å². The number of nitrogens with zero attached hydrogens (tertiary/aromatic N) is 1. The molecule has 48 heavy (non-hydrogen) atoms. The number of rotatable bonds is 10. The highest BCUT2D eigenvalue weighted by Crippen LogP contribution is 2.50. The van der Waals surface area contributed by atoms with Gasteiger partial charge in [0, 0.05) is 35.4 Å². The van der Waals surface area contributed by atoms with Gasteiger partial charge >= 0.3 is 0 Å². The number of fused-ring (bicyclic) bond motifs is 1. The molecule has 8 heteroatoms. The third kappa shape index (κ3) is 6.98. The maximum Gasteiger partial charge on any atom is 0.200 e. The lowest BCUT2D eigenvalue weighted by molar-refractivity contribution is -0.154. The van der Waals surface area contributed by atoms with Crippen LogP contribution >= 0.6 is 0 Å². The van der Waals surface area contributed by atoms with Crippen molar-refractivity contribution in [3.63, 3.8) is 0 Å². The van der Waals surface area contributed by atoms with Crippen molar-refractivity contribution in [3.05, 3.63) is 82.7 Å². The molecule has 1 saturated heterocycles. The summed E-state index contributed by atoms with van der Waals surface area (Å²) in [5.41, 5.74) is 4.62. The van der Waals surface area contributed by atoms with E-state index in [1.54, 1.807) is 18.5 Å². The van der Waals surface area contributed by atoms with Gasteiger partial charge in [-0.15, -0.1) is 0 Å². The number of phenolic OH excluding ortho intramolecular Hbond substituents is 3. The van der Waals surface area contributed by atoms with Crippen LogP contribution in [0.3, 0.4) is 0 Å². The molecule has 2 aromatic carbocycles. The first-order valence-electron chi connectivity index (χ1n) is 18.1. The van der Waals surface area contributed by atoms with Gasteiger partial charge in [-0.1, -0.05) is 48.8 Å². The maximum atomic E-state index is 11.4. The van der Waals surface area contributed by atoms with Crippen LogP contribution in [0.1, 0.15) is 116 Å². The highest BCUT2D eigenvalue weighted by Gasteiger charge is 2.43. The Kier molecular flexibility index (Phi) is 10.0. The van der Waals surface area contributed by atoms with Gasteiger partial charge in [0.05, 0.1) is 25.4 Å². The predicted molar refractivity (Wildman–Crippen MR) is 185 cm³/mol. The fourth-order valence-corrected chi connectivity index (χ4v) is 9.11. The van der Waals surface area contributed by atoms with Gasteiger partial charge in [0.25, 0.3) is 0 Å². The van der Waals surface area contributed by atoms with Crippen LogP contribution in [0.2, 0.25) is 0 Å². The smallest absolute Gasteiger partial charge is 0.200 e. The zero-order valence-corrected chi connectivity index (χ0v) is 28.1. The van der Waals surface area contributed by atoms with E-state index < -0.39 is 12.2 Å². The molecule has 8 nitrogen and oxygen atoms in total. The summed E-state index contributed by atoms with van der Waals surface area (Å²) in [6.45, 7) is 1.07. The molecule has 0 radical (unpaired) electrons. The van der Waals surface area contributed by atoms with E-state index in [1.807, 2.05) is 12.1 Å². The van der Waals surface area contributed by atoms with E-state index in [-0.39, 0.29) is 41.1 Å². The fourth-order valence-electron chi connectivity index (χ4n) is 9.11. The Morgan fingerprint density at radius 3 is 2.60 bits per heavy atom. The van der Waals surface area contributed by atoms with E-state index in [0.29, 0.717) is 36.1 Å². The van der Waals surface area contributed by atoms with Crippen LogP contribution in [0.25, 0.3) is 0 Å². The molecule has 0 spiro atoms. The Bertz CT molecular complexity index is 1560. The Labute approximate surface area is 284 Å². The van der Waals surface area contributed by atoms with E-state index in [9.17, 15) is 20.4 Å². The second-order valence-corrected chi connectivity index (χ2v) is 14.7. The van der Waals surface area contributed by atoms with Gasteiger partial charge in [0.1, 0.15) is 5.75 Å². The standard InChI is InChI=1S/C40H51N2O6/c1-47-40-33(18-25-13-15-41-23-25)32(21-36(45)39(40)46)38-22-35(44)30-11-9-27(20-37(30)48-38)26-10-12-34(43)31(19-26)28-6-4-5-24(17-28)14-16-42-29-7-2-3-8-29/h4,6,10,12-13,15,19,21,23-24,27-30,35,37-38,42-46H,2-3,5,7-9,11,14,16-18,20,22H2,1H3/q-1/t24-,27-,28+,30+,35+,37+,38+/m1/s1. The summed E-state index contributed by atoms with van der Waals surface area (Å²) in [5, 5.41) is 47.5. The average Bonchev–Trinajstić information content (AvgIpc) is 3.82. The van der Waals surface area contributed by atoms with Gasteiger partial charge in [0.2, 0.25) is 5.75 Å². The topological polar surface area (TPSA) is 126 Å². The quantitative estimate of drug-likeness (QED) is 0.116. The zero-order chi connectivity index (χ0) is 33.2. The van der Waals surface area contributed by atoms with Crippen LogP contribution < -0.4 is 15.0 Å². The van der Waals surface area contributed by atoms with Gasteiger partial charge in [0.15, 0.2) is 11.5 Å². The van der Waals surface area contributed by atoms with E-state index in [0.717, 1.165) is 55.3 Å². The van der Waals surface area contributed by atoms with Gasteiger partial charge < -0.3 is 40.2 Å². The lowest BCUT2D eigenvalue weighted by atomic mass is 9.71. The van der Waals surface area contributed by atoms with Crippen LogP contribution in [0.5, 0.6) is 23.0 Å². The lowest BCUT2D eigenvalue weighted by Gasteiger charge is -2.45. The number of allylic oxidation sites excluding steroid dienone is 2. The monoisotopic (exact) mass is 655 g/mol. The Morgan fingerprint density at radius 2 is 1.81 bits per heavy atom. The molecule has 258 valence electrons. The van der Waals surface area contributed by atoms with Crippen LogP contribution in [-0.4, -0.2) is 52.3 Å². The third-order valence-corrected chi connectivity index (χ3v) is 11.7. The van der Waals surface area contributed by atoms with Crippen molar-refractivity contribution in [1.29, 1.82) is 0 Å². The number of nitrogens with one attached hydrogen (secondary N) is 1. The summed E-state index contributed by atoms with van der Waals surface area (Å²) < 4.78 is 12.4. The number of aromatic nitrogens is 1. The Morgan fingerprint density at radius 1 is 0.958 bits per heavy atom. The van der Waals surface area contributed by atoms with Crippen molar-refractivity contribution >= 4 is 0 Å². The first-order chi connectivity index (χ1) is 23.4. The Hall–Kier alpha value is -3.46. The van der Waals surface area contributed by atoms with Crippen molar-refractivity contribution < 1.29 is 29.9 Å². The van der Waals surface area contributed by atoms with Gasteiger partial charge in [-0.25, -0.2) is 0 Å². The molecule has 1 aliphatic heterocycles. The normalized spacial score (nSPS) is 29.2. The molecule has 1 aromatic heterocycles. The van der Waals surface area contributed by atoms with E-state index >= 15 is 0 Å². The number of hydrogen-bond donors (Lipinski definition) is 5. The number of phenols is 3. The van der Waals surface area contributed by atoms with Crippen LogP contribution in [0.15, 0.2) is 54.9 Å². The van der Waals surface area contributed by atoms with Crippen LogP contribution in [0.4, 0.5) is 0 Å². The predicted octanol–water partition coefficient (Wildman–Crippen LogP) is 7.11. The summed E-state index contributed by atoms with van der Waals surface area (Å²) in [4.78, 5) is 4.18.